The molecule has 1 amide bonds. The standard InChI is InChI=1S/C22H29N3O5/c1-22(2,3)17-6-8-18(9-7-17)30-14-12-24-21(26)16-5-10-19(23-11-13-29-4)20(15-16)25(27)28/h5-10,15,23H,11-14H2,1-4H3,(H,24,26). The maximum Gasteiger partial charge on any atom is 0.293 e. The van der Waals surface area contributed by atoms with Crippen molar-refractivity contribution in [2.24, 2.45) is 0 Å². The fourth-order valence-corrected chi connectivity index (χ4v) is 2.75. The van der Waals surface area contributed by atoms with Crippen LogP contribution in [0.4, 0.5) is 11.4 Å². The first-order valence-electron chi connectivity index (χ1n) is 9.75. The van der Waals surface area contributed by atoms with Gasteiger partial charge in [-0.15, -0.1) is 0 Å². The van der Waals surface area contributed by atoms with Crippen LogP contribution < -0.4 is 15.4 Å². The second-order valence-electron chi connectivity index (χ2n) is 7.79. The Kier molecular flexibility index (Phi) is 8.17. The zero-order valence-corrected chi connectivity index (χ0v) is 17.9. The number of nitrogens with one attached hydrogen (secondary N) is 2. The number of benzene rings is 2. The van der Waals surface area contributed by atoms with Crippen LogP contribution in [0.5, 0.6) is 5.75 Å². The van der Waals surface area contributed by atoms with Gasteiger partial charge in [0.15, 0.2) is 0 Å². The molecule has 0 aromatic heterocycles. The molecule has 2 aromatic carbocycles. The molecule has 0 aliphatic heterocycles. The van der Waals surface area contributed by atoms with Crippen molar-refractivity contribution in [2.45, 2.75) is 26.2 Å². The second kappa shape index (κ2) is 10.6. The molecule has 0 spiro atoms. The number of amides is 1. The molecule has 0 unspecified atom stereocenters. The van der Waals surface area contributed by atoms with Crippen LogP contribution in [0.15, 0.2) is 42.5 Å². The number of nitro benzene ring substituents is 1. The number of anilines is 1. The Morgan fingerprint density at radius 3 is 2.37 bits per heavy atom. The van der Waals surface area contributed by atoms with Gasteiger partial charge in [-0.2, -0.15) is 0 Å². The molecule has 162 valence electrons. The van der Waals surface area contributed by atoms with E-state index in [0.717, 1.165) is 5.75 Å². The van der Waals surface area contributed by atoms with Gasteiger partial charge in [-0.3, -0.25) is 14.9 Å². The predicted octanol–water partition coefficient (Wildman–Crippen LogP) is 3.76. The topological polar surface area (TPSA) is 103 Å². The van der Waals surface area contributed by atoms with Crippen molar-refractivity contribution < 1.29 is 19.2 Å². The first-order valence-corrected chi connectivity index (χ1v) is 9.75. The van der Waals surface area contributed by atoms with Crippen LogP contribution in [0.3, 0.4) is 0 Å². The monoisotopic (exact) mass is 415 g/mol. The van der Waals surface area contributed by atoms with Gasteiger partial charge in [-0.05, 0) is 35.2 Å². The summed E-state index contributed by atoms with van der Waals surface area (Å²) < 4.78 is 10.6. The van der Waals surface area contributed by atoms with E-state index in [0.29, 0.717) is 25.4 Å². The summed E-state index contributed by atoms with van der Waals surface area (Å²) in [7, 11) is 1.55. The van der Waals surface area contributed by atoms with Crippen LogP contribution >= 0.6 is 0 Å². The number of nitro groups is 1. The van der Waals surface area contributed by atoms with E-state index in [1.54, 1.807) is 13.2 Å². The summed E-state index contributed by atoms with van der Waals surface area (Å²) in [5, 5.41) is 17.0. The maximum atomic E-state index is 12.3. The first kappa shape index (κ1) is 23.2. The molecular formula is C22H29N3O5. The van der Waals surface area contributed by atoms with Gasteiger partial charge in [0.1, 0.15) is 18.0 Å². The minimum atomic E-state index is -0.518. The summed E-state index contributed by atoms with van der Waals surface area (Å²) >= 11 is 0. The van der Waals surface area contributed by atoms with Gasteiger partial charge in [0, 0.05) is 25.3 Å². The summed E-state index contributed by atoms with van der Waals surface area (Å²) in [5.74, 6) is 0.326. The summed E-state index contributed by atoms with van der Waals surface area (Å²) in [6, 6.07) is 12.2. The summed E-state index contributed by atoms with van der Waals surface area (Å²) in [5.41, 5.74) is 1.69. The molecule has 2 rings (SSSR count). The second-order valence-corrected chi connectivity index (χ2v) is 7.79. The molecule has 0 radical (unpaired) electrons. The minimum absolute atomic E-state index is 0.0734. The predicted molar refractivity (Wildman–Crippen MR) is 116 cm³/mol. The maximum absolute atomic E-state index is 12.3. The molecular weight excluding hydrogens is 386 g/mol. The SMILES string of the molecule is COCCNc1ccc(C(=O)NCCOc2ccc(C(C)(C)C)cc2)cc1[N+](=O)[O-]. The lowest BCUT2D eigenvalue weighted by molar-refractivity contribution is -0.384. The fourth-order valence-electron chi connectivity index (χ4n) is 2.75. The molecule has 0 saturated heterocycles. The Morgan fingerprint density at radius 1 is 1.07 bits per heavy atom. The fraction of sp³-hybridized carbons (Fsp3) is 0.409. The Hall–Kier alpha value is -3.13. The van der Waals surface area contributed by atoms with E-state index >= 15 is 0 Å². The quantitative estimate of drug-likeness (QED) is 0.348. The molecule has 0 fully saturated rings. The molecule has 30 heavy (non-hydrogen) atoms. The summed E-state index contributed by atoms with van der Waals surface area (Å²) in [4.78, 5) is 23.1. The molecule has 8 heteroatoms. The van der Waals surface area contributed by atoms with E-state index in [9.17, 15) is 14.9 Å². The van der Waals surface area contributed by atoms with Crippen LogP contribution in [0.1, 0.15) is 36.7 Å². The Balaban J connectivity index is 1.88. The number of carbonyl (C=O) groups is 1. The minimum Gasteiger partial charge on any atom is -0.492 e. The van der Waals surface area contributed by atoms with E-state index < -0.39 is 10.8 Å². The number of hydrogen-bond acceptors (Lipinski definition) is 6. The van der Waals surface area contributed by atoms with Crippen molar-refractivity contribution >= 4 is 17.3 Å². The van der Waals surface area contributed by atoms with Crippen LogP contribution in [0.25, 0.3) is 0 Å². The summed E-state index contributed by atoms with van der Waals surface area (Å²) in [6.45, 7) is 7.84. The lowest BCUT2D eigenvalue weighted by Crippen LogP contribution is -2.28. The third kappa shape index (κ3) is 6.73. The van der Waals surface area contributed by atoms with Gasteiger partial charge >= 0.3 is 0 Å². The van der Waals surface area contributed by atoms with Crippen molar-refractivity contribution in [1.29, 1.82) is 0 Å². The molecule has 8 nitrogen and oxygen atoms in total. The highest BCUT2D eigenvalue weighted by atomic mass is 16.6. The van der Waals surface area contributed by atoms with E-state index in [4.69, 9.17) is 9.47 Å². The van der Waals surface area contributed by atoms with E-state index in [2.05, 4.69) is 31.4 Å². The largest absolute Gasteiger partial charge is 0.492 e. The van der Waals surface area contributed by atoms with Gasteiger partial charge < -0.3 is 20.1 Å². The Labute approximate surface area is 176 Å². The number of nitrogens with zero attached hydrogens (tertiary/aromatic N) is 1. The zero-order valence-electron chi connectivity index (χ0n) is 17.9. The number of carbonyl (C=O) groups excluding carboxylic acids is 1. The normalized spacial score (nSPS) is 11.1. The molecule has 2 N–H and O–H groups in total. The lowest BCUT2D eigenvalue weighted by atomic mass is 9.87. The van der Waals surface area contributed by atoms with Gasteiger partial charge in [-0.25, -0.2) is 0 Å². The number of ether oxygens (including phenoxy) is 2. The zero-order chi connectivity index (χ0) is 22.1. The molecule has 0 aliphatic rings. The smallest absolute Gasteiger partial charge is 0.293 e. The molecule has 0 aliphatic carbocycles. The van der Waals surface area contributed by atoms with Gasteiger partial charge in [-0.1, -0.05) is 32.9 Å². The molecule has 0 heterocycles. The van der Waals surface area contributed by atoms with Crippen LogP contribution in [-0.4, -0.2) is 44.2 Å². The lowest BCUT2D eigenvalue weighted by Gasteiger charge is -2.19. The van der Waals surface area contributed by atoms with E-state index in [-0.39, 0.29) is 23.2 Å². The molecule has 0 bridgehead atoms. The van der Waals surface area contributed by atoms with Gasteiger partial charge in [0.25, 0.3) is 11.6 Å². The first-order chi connectivity index (χ1) is 14.2. The van der Waals surface area contributed by atoms with Crippen molar-refractivity contribution in [2.75, 3.05) is 38.7 Å². The van der Waals surface area contributed by atoms with Crippen molar-refractivity contribution in [1.82, 2.24) is 5.32 Å². The third-order valence-corrected chi connectivity index (χ3v) is 4.45. The highest BCUT2D eigenvalue weighted by Crippen LogP contribution is 2.26. The number of methoxy groups -OCH3 is 1. The Bertz CT molecular complexity index is 860. The van der Waals surface area contributed by atoms with Crippen molar-refractivity contribution in [3.8, 4) is 5.75 Å². The average Bonchev–Trinajstić information content (AvgIpc) is 2.71. The molecule has 0 saturated carbocycles. The number of hydrogen-bond donors (Lipinski definition) is 2. The van der Waals surface area contributed by atoms with Crippen LogP contribution in [0.2, 0.25) is 0 Å². The van der Waals surface area contributed by atoms with Crippen LogP contribution in [0, 0.1) is 10.1 Å². The highest BCUT2D eigenvalue weighted by Gasteiger charge is 2.17. The summed E-state index contributed by atoms with van der Waals surface area (Å²) in [6.07, 6.45) is 0. The third-order valence-electron chi connectivity index (χ3n) is 4.45. The molecule has 0 atom stereocenters. The van der Waals surface area contributed by atoms with Crippen molar-refractivity contribution in [3.63, 3.8) is 0 Å². The van der Waals surface area contributed by atoms with E-state index in [1.165, 1.54) is 17.7 Å². The highest BCUT2D eigenvalue weighted by molar-refractivity contribution is 5.95. The van der Waals surface area contributed by atoms with Crippen molar-refractivity contribution in [3.05, 3.63) is 63.7 Å². The van der Waals surface area contributed by atoms with E-state index in [1.807, 2.05) is 24.3 Å². The average molecular weight is 415 g/mol. The Morgan fingerprint density at radius 2 is 1.77 bits per heavy atom. The van der Waals surface area contributed by atoms with Gasteiger partial charge in [0.2, 0.25) is 0 Å². The molecule has 2 aromatic rings. The number of rotatable bonds is 10. The van der Waals surface area contributed by atoms with Gasteiger partial charge in [0.05, 0.1) is 18.1 Å². The van der Waals surface area contributed by atoms with Crippen LogP contribution in [-0.2, 0) is 10.2 Å².